The SMILES string of the molecule is Cc1ccc2[nH+]c(-c3ccc4ccccc4c3[O-])oc2c1.[Li+]. The number of nitrogens with one attached hydrogen (secondary N) is 1. The Hall–Kier alpha value is -2.21. The fourth-order valence-electron chi connectivity index (χ4n) is 2.62. The van der Waals surface area contributed by atoms with Gasteiger partial charge in [-0.15, -0.1) is 0 Å². The van der Waals surface area contributed by atoms with E-state index in [-0.39, 0.29) is 24.6 Å². The van der Waals surface area contributed by atoms with Crippen molar-refractivity contribution >= 4 is 21.9 Å². The molecule has 0 saturated carbocycles. The van der Waals surface area contributed by atoms with E-state index in [4.69, 9.17) is 4.42 Å². The second kappa shape index (κ2) is 5.53. The summed E-state index contributed by atoms with van der Waals surface area (Å²) < 4.78 is 5.81. The summed E-state index contributed by atoms with van der Waals surface area (Å²) in [6.45, 7) is 2.01. The average molecular weight is 282 g/mol. The summed E-state index contributed by atoms with van der Waals surface area (Å²) in [4.78, 5) is 3.18. The number of oxazole rings is 1. The molecule has 0 amide bonds. The first-order valence-corrected chi connectivity index (χ1v) is 6.84. The fourth-order valence-corrected chi connectivity index (χ4v) is 2.62. The van der Waals surface area contributed by atoms with Crippen LogP contribution in [0.4, 0.5) is 0 Å². The first-order chi connectivity index (χ1) is 10.2. The standard InChI is InChI=1S/C18H13NO2.Li/c1-11-6-9-15-16(10-11)21-18(19-15)14-8-7-12-4-2-3-5-13(12)17(14)20;/h2-10,20H,1H3;/q;+1. The predicted molar refractivity (Wildman–Crippen MR) is 79.9 cm³/mol. The molecule has 0 radical (unpaired) electrons. The van der Waals surface area contributed by atoms with E-state index in [1.165, 1.54) is 0 Å². The van der Waals surface area contributed by atoms with Crippen LogP contribution in [0.1, 0.15) is 5.56 Å². The molecule has 0 bridgehead atoms. The van der Waals surface area contributed by atoms with Crippen LogP contribution in [0, 0.1) is 6.92 Å². The van der Waals surface area contributed by atoms with Gasteiger partial charge in [0, 0.05) is 6.07 Å². The molecule has 1 heterocycles. The van der Waals surface area contributed by atoms with Crippen molar-refractivity contribution < 1.29 is 33.4 Å². The minimum absolute atomic E-state index is 0. The molecule has 0 aliphatic rings. The molecule has 4 rings (SSSR count). The van der Waals surface area contributed by atoms with Crippen LogP contribution in [0.25, 0.3) is 33.3 Å². The van der Waals surface area contributed by atoms with E-state index in [9.17, 15) is 5.11 Å². The van der Waals surface area contributed by atoms with Crippen LogP contribution in [0.5, 0.6) is 5.75 Å². The maximum atomic E-state index is 12.6. The Morgan fingerprint density at radius 2 is 1.82 bits per heavy atom. The topological polar surface area (TPSA) is 50.3 Å². The van der Waals surface area contributed by atoms with Gasteiger partial charge in [0.05, 0.1) is 5.56 Å². The summed E-state index contributed by atoms with van der Waals surface area (Å²) in [5.74, 6) is 0.492. The summed E-state index contributed by atoms with van der Waals surface area (Å²) in [6.07, 6.45) is 0. The molecule has 0 spiro atoms. The van der Waals surface area contributed by atoms with E-state index < -0.39 is 0 Å². The molecular formula is C18H13LiNO2+. The molecule has 3 aromatic carbocycles. The Labute approximate surface area is 139 Å². The molecule has 0 atom stereocenters. The normalized spacial score (nSPS) is 10.8. The molecule has 22 heavy (non-hydrogen) atoms. The average Bonchev–Trinajstić information content (AvgIpc) is 2.90. The van der Waals surface area contributed by atoms with E-state index in [2.05, 4.69) is 4.98 Å². The molecule has 0 aliphatic heterocycles. The van der Waals surface area contributed by atoms with Crippen LogP contribution >= 0.6 is 0 Å². The van der Waals surface area contributed by atoms with Gasteiger partial charge in [0.25, 0.3) is 0 Å². The van der Waals surface area contributed by atoms with Crippen LogP contribution in [0.15, 0.2) is 59.0 Å². The minimum Gasteiger partial charge on any atom is -0.871 e. The van der Waals surface area contributed by atoms with Crippen molar-refractivity contribution in [2.24, 2.45) is 0 Å². The van der Waals surface area contributed by atoms with Crippen LogP contribution in [0.2, 0.25) is 0 Å². The summed E-state index contributed by atoms with van der Waals surface area (Å²) in [7, 11) is 0. The number of aromatic nitrogens is 1. The zero-order valence-corrected chi connectivity index (χ0v) is 12.5. The van der Waals surface area contributed by atoms with Crippen molar-refractivity contribution in [2.45, 2.75) is 6.92 Å². The Bertz CT molecular complexity index is 975. The second-order valence-electron chi connectivity index (χ2n) is 5.22. The molecule has 4 heteroatoms. The Morgan fingerprint density at radius 3 is 2.68 bits per heavy atom. The molecule has 0 fully saturated rings. The molecule has 0 aliphatic carbocycles. The van der Waals surface area contributed by atoms with Gasteiger partial charge in [-0.25, -0.2) is 0 Å². The molecule has 1 aromatic heterocycles. The quantitative estimate of drug-likeness (QED) is 0.476. The maximum absolute atomic E-state index is 12.6. The Kier molecular flexibility index (Phi) is 3.70. The van der Waals surface area contributed by atoms with Gasteiger partial charge in [-0.1, -0.05) is 42.1 Å². The third-order valence-electron chi connectivity index (χ3n) is 3.72. The fraction of sp³-hybridized carbons (Fsp3) is 0.0556. The third-order valence-corrected chi connectivity index (χ3v) is 3.72. The van der Waals surface area contributed by atoms with E-state index in [1.54, 1.807) is 0 Å². The van der Waals surface area contributed by atoms with Gasteiger partial charge in [-0.2, -0.15) is 4.98 Å². The smallest absolute Gasteiger partial charge is 0.871 e. The number of rotatable bonds is 1. The van der Waals surface area contributed by atoms with E-state index >= 15 is 0 Å². The van der Waals surface area contributed by atoms with Gasteiger partial charge < -0.3 is 9.52 Å². The summed E-state index contributed by atoms with van der Waals surface area (Å²) >= 11 is 0. The third kappa shape index (κ3) is 2.29. The van der Waals surface area contributed by atoms with Gasteiger partial charge in [0.15, 0.2) is 0 Å². The number of H-pyrrole nitrogens is 1. The van der Waals surface area contributed by atoms with Gasteiger partial charge in [-0.05, 0) is 35.4 Å². The first kappa shape index (κ1) is 14.7. The Balaban J connectivity index is 0.00000144. The van der Waals surface area contributed by atoms with Crippen LogP contribution in [-0.2, 0) is 0 Å². The molecule has 1 N–H and O–H groups in total. The summed E-state index contributed by atoms with van der Waals surface area (Å²) in [5, 5.41) is 14.2. The van der Waals surface area contributed by atoms with Crippen LogP contribution in [-0.4, -0.2) is 0 Å². The van der Waals surface area contributed by atoms with Gasteiger partial charge in [0.1, 0.15) is 0 Å². The monoisotopic (exact) mass is 282 g/mol. The zero-order chi connectivity index (χ0) is 14.4. The predicted octanol–water partition coefficient (Wildman–Crippen LogP) is 0.453. The molecule has 0 unspecified atom stereocenters. The van der Waals surface area contributed by atoms with E-state index in [0.29, 0.717) is 16.8 Å². The zero-order valence-electron chi connectivity index (χ0n) is 12.5. The van der Waals surface area contributed by atoms with Crippen molar-refractivity contribution in [2.75, 3.05) is 0 Å². The second-order valence-corrected chi connectivity index (χ2v) is 5.22. The number of benzene rings is 3. The van der Waals surface area contributed by atoms with Crippen LogP contribution in [0.3, 0.4) is 0 Å². The van der Waals surface area contributed by atoms with Crippen molar-refractivity contribution in [3.05, 3.63) is 60.2 Å². The van der Waals surface area contributed by atoms with E-state index in [1.807, 2.05) is 61.5 Å². The molecular weight excluding hydrogens is 269 g/mol. The first-order valence-electron chi connectivity index (χ1n) is 6.84. The van der Waals surface area contributed by atoms with Gasteiger partial charge >= 0.3 is 24.8 Å². The largest absolute Gasteiger partial charge is 1.00 e. The number of fused-ring (bicyclic) bond motifs is 2. The van der Waals surface area contributed by atoms with Crippen molar-refractivity contribution in [3.8, 4) is 17.2 Å². The van der Waals surface area contributed by atoms with Crippen molar-refractivity contribution in [1.82, 2.24) is 0 Å². The summed E-state index contributed by atoms with van der Waals surface area (Å²) in [5.41, 5.74) is 3.33. The van der Waals surface area contributed by atoms with Crippen LogP contribution < -0.4 is 29.0 Å². The van der Waals surface area contributed by atoms with Crippen molar-refractivity contribution in [3.63, 3.8) is 0 Å². The number of aryl methyl sites for hydroxylation is 1. The molecule has 3 nitrogen and oxygen atoms in total. The van der Waals surface area contributed by atoms with Gasteiger partial charge in [-0.3, -0.25) is 0 Å². The van der Waals surface area contributed by atoms with E-state index in [0.717, 1.165) is 22.0 Å². The minimum atomic E-state index is -0.0138. The number of aromatic amines is 1. The van der Waals surface area contributed by atoms with Gasteiger partial charge in [0.2, 0.25) is 11.1 Å². The number of hydrogen-bond donors (Lipinski definition) is 0. The molecule has 0 saturated heterocycles. The van der Waals surface area contributed by atoms with Crippen molar-refractivity contribution in [1.29, 1.82) is 0 Å². The summed E-state index contributed by atoms with van der Waals surface area (Å²) in [6, 6.07) is 17.3. The number of hydrogen-bond acceptors (Lipinski definition) is 2. The molecule has 102 valence electrons. The molecule has 4 aromatic rings. The Morgan fingerprint density at radius 1 is 1.00 bits per heavy atom. The maximum Gasteiger partial charge on any atom is 1.00 e.